The minimum absolute atomic E-state index is 0.0967. The molecule has 0 saturated heterocycles. The van der Waals surface area contributed by atoms with E-state index in [2.05, 4.69) is 72.4 Å². The first-order chi connectivity index (χ1) is 31.7. The molecule has 12 heteroatoms. The summed E-state index contributed by atoms with van der Waals surface area (Å²) in [5, 5.41) is 16.3. The molecule has 3 N–H and O–H groups in total. The normalized spacial score (nSPS) is 14.5. The molecule has 2 amide bonds. The van der Waals surface area contributed by atoms with Gasteiger partial charge in [0.1, 0.15) is 6.61 Å². The van der Waals surface area contributed by atoms with Crippen LogP contribution in [0.15, 0.2) is 97.1 Å². The summed E-state index contributed by atoms with van der Waals surface area (Å²) in [5.74, 6) is 9.36. The van der Waals surface area contributed by atoms with Crippen LogP contribution in [0.3, 0.4) is 0 Å². The van der Waals surface area contributed by atoms with Crippen molar-refractivity contribution in [1.82, 2.24) is 20.4 Å². The smallest absolute Gasteiger partial charge is 0.336 e. The van der Waals surface area contributed by atoms with Crippen molar-refractivity contribution in [2.45, 2.75) is 102 Å². The van der Waals surface area contributed by atoms with Crippen LogP contribution >= 0.6 is 0 Å². The number of aliphatic hydroxyl groups excluding tert-OH is 1. The van der Waals surface area contributed by atoms with Gasteiger partial charge in [-0.25, -0.2) is 4.79 Å². The van der Waals surface area contributed by atoms with Crippen molar-refractivity contribution in [2.75, 3.05) is 27.8 Å². The fraction of sp³-hybridized carbons (Fsp3) is 0.370. The molecule has 0 bridgehead atoms. The van der Waals surface area contributed by atoms with Gasteiger partial charge in [-0.3, -0.25) is 24.0 Å². The maximum Gasteiger partial charge on any atom is 0.336 e. The monoisotopic (exact) mass is 892 g/mol. The highest BCUT2D eigenvalue weighted by Gasteiger charge is 2.34. The number of esters is 1. The van der Waals surface area contributed by atoms with Gasteiger partial charge in [-0.05, 0) is 123 Å². The van der Waals surface area contributed by atoms with Gasteiger partial charge in [-0.1, -0.05) is 61.8 Å². The fourth-order valence-corrected chi connectivity index (χ4v) is 7.13. The Balaban J connectivity index is 0.000000247. The number of ether oxygens (including phenoxy) is 1. The zero-order valence-electron chi connectivity index (χ0n) is 38.9. The van der Waals surface area contributed by atoms with Crippen LogP contribution in [0.25, 0.3) is 0 Å². The molecule has 2 aliphatic carbocycles. The summed E-state index contributed by atoms with van der Waals surface area (Å²) in [6.07, 6.45) is 5.26. The number of Topliss-reactive ketones (excluding diaryl/α,β-unsaturated/α-hetero) is 3. The summed E-state index contributed by atoms with van der Waals surface area (Å²) >= 11 is 0. The lowest BCUT2D eigenvalue weighted by Crippen LogP contribution is -2.48. The molecule has 2 aliphatic rings. The highest BCUT2D eigenvalue weighted by Crippen LogP contribution is 2.25. The van der Waals surface area contributed by atoms with E-state index in [1.807, 2.05) is 24.3 Å². The Morgan fingerprint density at radius 3 is 1.18 bits per heavy atom. The Hall–Kier alpha value is -6.70. The van der Waals surface area contributed by atoms with Gasteiger partial charge in [0.15, 0.2) is 29.4 Å². The molecule has 2 fully saturated rings. The Morgan fingerprint density at radius 1 is 0.561 bits per heavy atom. The quantitative estimate of drug-likeness (QED) is 0.0617. The first-order valence-corrected chi connectivity index (χ1v) is 22.4. The van der Waals surface area contributed by atoms with Gasteiger partial charge in [-0.15, -0.1) is 0 Å². The van der Waals surface area contributed by atoms with Crippen molar-refractivity contribution in [3.63, 3.8) is 0 Å². The third-order valence-corrected chi connectivity index (χ3v) is 11.5. The standard InChI is InChI=1S/2C27H30N2O4/c1-5-24(30)25(27(32)33-4)29(3)26(31)22-14-10-20(11-15-22)7-6-19-8-12-21(13-9-19)18(2)28-23-16-17-23;1-4-24(31)26(25(32)17-30)29(3)27(33)22-13-9-20(10-14-22)6-5-19-7-11-21(12-8-19)18(2)28-23-15-16-23/h8-15,18,23,25,28H,5,16-17H2,1-4H3;7-14,18,23,26,28,30H,4,15-17H2,1-3H3. The average Bonchev–Trinajstić information content (AvgIpc) is 4.31. The first-order valence-electron chi connectivity index (χ1n) is 22.4. The van der Waals surface area contributed by atoms with E-state index in [9.17, 15) is 28.8 Å². The van der Waals surface area contributed by atoms with Crippen LogP contribution in [0.2, 0.25) is 0 Å². The molecule has 0 radical (unpaired) electrons. The van der Waals surface area contributed by atoms with E-state index in [0.29, 0.717) is 35.3 Å². The molecule has 4 atom stereocenters. The second-order valence-corrected chi connectivity index (χ2v) is 16.6. The molecule has 0 aromatic heterocycles. The summed E-state index contributed by atoms with van der Waals surface area (Å²) in [6.45, 7) is 6.80. The first kappa shape index (κ1) is 50.3. The summed E-state index contributed by atoms with van der Waals surface area (Å²) in [4.78, 5) is 76.1. The van der Waals surface area contributed by atoms with Crippen molar-refractivity contribution >= 4 is 35.1 Å². The predicted octanol–water partition coefficient (Wildman–Crippen LogP) is 6.37. The number of nitrogens with zero attached hydrogens (tertiary/aromatic N) is 2. The number of carbonyl (C=O) groups is 6. The van der Waals surface area contributed by atoms with Gasteiger partial charge >= 0.3 is 5.97 Å². The van der Waals surface area contributed by atoms with Crippen molar-refractivity contribution in [3.05, 3.63) is 142 Å². The number of hydrogen-bond donors (Lipinski definition) is 3. The predicted molar refractivity (Wildman–Crippen MR) is 253 cm³/mol. The lowest BCUT2D eigenvalue weighted by molar-refractivity contribution is -0.149. The zero-order chi connectivity index (χ0) is 47.9. The number of amides is 2. The zero-order valence-corrected chi connectivity index (χ0v) is 38.9. The van der Waals surface area contributed by atoms with Crippen molar-refractivity contribution in [3.8, 4) is 23.7 Å². The van der Waals surface area contributed by atoms with Crippen LogP contribution in [-0.4, -0.2) is 102 Å². The number of rotatable bonds is 17. The Labute approximate surface area is 388 Å². The van der Waals surface area contributed by atoms with Crippen molar-refractivity contribution < 1.29 is 38.6 Å². The highest BCUT2D eigenvalue weighted by atomic mass is 16.5. The molecule has 4 unspecified atom stereocenters. The number of hydrogen-bond acceptors (Lipinski definition) is 10. The third-order valence-electron chi connectivity index (χ3n) is 11.5. The van der Waals surface area contributed by atoms with Crippen LogP contribution in [0.1, 0.15) is 132 Å². The van der Waals surface area contributed by atoms with Gasteiger partial charge < -0.3 is 30.3 Å². The fourth-order valence-electron chi connectivity index (χ4n) is 7.13. The Kier molecular flexibility index (Phi) is 18.3. The number of methoxy groups -OCH3 is 1. The van der Waals surface area contributed by atoms with Gasteiger partial charge in [0, 0.05) is 84.5 Å². The number of ketones is 3. The molecule has 0 spiro atoms. The minimum atomic E-state index is -1.28. The molecule has 0 aliphatic heterocycles. The van der Waals surface area contributed by atoms with E-state index in [4.69, 9.17) is 9.84 Å². The van der Waals surface area contributed by atoms with Crippen molar-refractivity contribution in [2.24, 2.45) is 0 Å². The van der Waals surface area contributed by atoms with Crippen LogP contribution in [-0.2, 0) is 23.9 Å². The number of benzene rings is 4. The average molecular weight is 893 g/mol. The molecule has 0 heterocycles. The second-order valence-electron chi connectivity index (χ2n) is 16.6. The van der Waals surface area contributed by atoms with E-state index in [-0.39, 0.29) is 18.6 Å². The Bertz CT molecular complexity index is 2260. The summed E-state index contributed by atoms with van der Waals surface area (Å²) in [6, 6.07) is 29.3. The van der Waals surface area contributed by atoms with E-state index in [1.54, 1.807) is 62.4 Å². The number of likely N-dealkylation sites (N-methyl/N-ethyl adjacent to an activating group) is 2. The molecule has 6 rings (SSSR count). The summed E-state index contributed by atoms with van der Waals surface area (Å²) in [5.41, 5.74) is 6.50. The third kappa shape index (κ3) is 14.1. The SMILES string of the molecule is CCC(=O)C(C(=O)CO)N(C)C(=O)c1ccc(C#Cc2ccc(C(C)NC3CC3)cc2)cc1.CCC(=O)C(C(=O)OC)N(C)C(=O)c1ccc(C#Cc2ccc(C(C)NC3CC3)cc2)cc1. The molecular weight excluding hydrogens is 833 g/mol. The topological polar surface area (TPSA) is 162 Å². The minimum Gasteiger partial charge on any atom is -0.467 e. The van der Waals surface area contributed by atoms with Gasteiger partial charge in [0.05, 0.1) is 7.11 Å². The number of nitrogens with one attached hydrogen (secondary N) is 2. The van der Waals surface area contributed by atoms with Gasteiger partial charge in [0.2, 0.25) is 0 Å². The molecule has 12 nitrogen and oxygen atoms in total. The highest BCUT2D eigenvalue weighted by molar-refractivity contribution is 6.11. The van der Waals surface area contributed by atoms with Crippen LogP contribution < -0.4 is 10.6 Å². The summed E-state index contributed by atoms with van der Waals surface area (Å²) in [7, 11) is 4.02. The molecule has 4 aromatic carbocycles. The lowest BCUT2D eigenvalue weighted by Gasteiger charge is -2.25. The van der Waals surface area contributed by atoms with Crippen molar-refractivity contribution in [1.29, 1.82) is 0 Å². The molecule has 2 saturated carbocycles. The molecular formula is C54H60N4O8. The molecule has 4 aromatic rings. The molecule has 344 valence electrons. The summed E-state index contributed by atoms with van der Waals surface area (Å²) < 4.78 is 4.70. The maximum atomic E-state index is 12.8. The maximum absolute atomic E-state index is 12.8. The van der Waals surface area contributed by atoms with Crippen LogP contribution in [0.5, 0.6) is 0 Å². The van der Waals surface area contributed by atoms with Gasteiger partial charge in [-0.2, -0.15) is 0 Å². The molecule has 66 heavy (non-hydrogen) atoms. The largest absolute Gasteiger partial charge is 0.467 e. The van der Waals surface area contributed by atoms with Crippen LogP contribution in [0, 0.1) is 23.7 Å². The van der Waals surface area contributed by atoms with Gasteiger partial charge in [0.25, 0.3) is 11.8 Å². The van der Waals surface area contributed by atoms with E-state index in [0.717, 1.165) is 32.1 Å². The second kappa shape index (κ2) is 24.0. The van der Waals surface area contributed by atoms with E-state index in [1.165, 1.54) is 58.0 Å². The van der Waals surface area contributed by atoms with E-state index >= 15 is 0 Å². The van der Waals surface area contributed by atoms with E-state index < -0.39 is 48.0 Å². The lowest BCUT2D eigenvalue weighted by atomic mass is 10.0. The van der Waals surface area contributed by atoms with Crippen LogP contribution in [0.4, 0.5) is 0 Å². The Morgan fingerprint density at radius 2 is 0.879 bits per heavy atom. The number of aliphatic hydroxyl groups is 1. The number of carbonyl (C=O) groups excluding carboxylic acids is 6.